The summed E-state index contributed by atoms with van der Waals surface area (Å²) in [4.78, 5) is 14.3. The van der Waals surface area contributed by atoms with Gasteiger partial charge in [0.05, 0.1) is 17.8 Å². The van der Waals surface area contributed by atoms with E-state index in [0.29, 0.717) is 29.0 Å². The van der Waals surface area contributed by atoms with Gasteiger partial charge in [-0.3, -0.25) is 9.48 Å². The van der Waals surface area contributed by atoms with Gasteiger partial charge in [-0.1, -0.05) is 18.5 Å². The van der Waals surface area contributed by atoms with E-state index in [0.717, 1.165) is 19.5 Å². The molecule has 0 bridgehead atoms. The number of amides is 1. The molecule has 1 amide bonds. The van der Waals surface area contributed by atoms with Gasteiger partial charge in [-0.2, -0.15) is 5.10 Å². The summed E-state index contributed by atoms with van der Waals surface area (Å²) in [5, 5.41) is 4.68. The van der Waals surface area contributed by atoms with Gasteiger partial charge in [0.25, 0.3) is 5.91 Å². The molecule has 0 radical (unpaired) electrons. The zero-order valence-corrected chi connectivity index (χ0v) is 12.7. The van der Waals surface area contributed by atoms with Crippen molar-refractivity contribution in [3.05, 3.63) is 41.1 Å². The summed E-state index contributed by atoms with van der Waals surface area (Å²) in [5.41, 5.74) is 0. The van der Waals surface area contributed by atoms with Gasteiger partial charge in [0.15, 0.2) is 5.76 Å². The summed E-state index contributed by atoms with van der Waals surface area (Å²) >= 11 is 5.82. The number of halogens is 1. The highest BCUT2D eigenvalue weighted by atomic mass is 35.5. The first-order valence-corrected chi connectivity index (χ1v) is 7.55. The lowest BCUT2D eigenvalue weighted by Gasteiger charge is -2.30. The average molecular weight is 308 g/mol. The molecule has 0 spiro atoms. The van der Waals surface area contributed by atoms with Gasteiger partial charge >= 0.3 is 0 Å². The number of rotatable bonds is 3. The molecule has 0 aliphatic carbocycles. The minimum Gasteiger partial charge on any atom is -0.454 e. The molecule has 1 aliphatic heterocycles. The van der Waals surface area contributed by atoms with Crippen molar-refractivity contribution in [2.75, 3.05) is 13.1 Å². The molecule has 21 heavy (non-hydrogen) atoms. The Balaban J connectivity index is 1.68. The molecule has 112 valence electrons. The Bertz CT molecular complexity index is 634. The van der Waals surface area contributed by atoms with Gasteiger partial charge in [0.1, 0.15) is 5.76 Å². The van der Waals surface area contributed by atoms with E-state index in [9.17, 15) is 4.79 Å². The van der Waals surface area contributed by atoms with Crippen LogP contribution in [0, 0.1) is 5.92 Å². The number of furan rings is 1. The van der Waals surface area contributed by atoms with E-state index >= 15 is 0 Å². The van der Waals surface area contributed by atoms with Crippen LogP contribution < -0.4 is 0 Å². The van der Waals surface area contributed by atoms with Crippen LogP contribution in [0.1, 0.15) is 36.1 Å². The average Bonchev–Trinajstić information content (AvgIpc) is 3.08. The number of piperidine rings is 1. The molecule has 2 aromatic heterocycles. The quantitative estimate of drug-likeness (QED) is 0.875. The second kappa shape index (κ2) is 5.93. The second-order valence-electron chi connectivity index (χ2n) is 5.62. The third-order valence-corrected chi connectivity index (χ3v) is 3.93. The predicted octanol–water partition coefficient (Wildman–Crippen LogP) is 3.05. The number of nitrogens with zero attached hydrogens (tertiary/aromatic N) is 3. The number of carbonyl (C=O) groups is 1. The van der Waals surface area contributed by atoms with Crippen molar-refractivity contribution in [2.45, 2.75) is 26.3 Å². The van der Waals surface area contributed by atoms with Crippen LogP contribution in [0.4, 0.5) is 0 Å². The molecule has 0 N–H and O–H groups in total. The number of hydrogen-bond acceptors (Lipinski definition) is 3. The standard InChI is InChI=1S/C15H18ClN3O2/c1-11-3-2-6-18(8-11)15(20)14-5-4-13(21-14)10-19-9-12(16)7-17-19/h4-5,7,9,11H,2-3,6,8,10H2,1H3. The molecule has 2 aromatic rings. The monoisotopic (exact) mass is 307 g/mol. The van der Waals surface area contributed by atoms with Crippen LogP contribution in [0.5, 0.6) is 0 Å². The van der Waals surface area contributed by atoms with E-state index in [1.54, 1.807) is 23.1 Å². The van der Waals surface area contributed by atoms with E-state index in [4.69, 9.17) is 16.0 Å². The van der Waals surface area contributed by atoms with Gasteiger partial charge in [0.2, 0.25) is 0 Å². The van der Waals surface area contributed by atoms with E-state index < -0.39 is 0 Å². The van der Waals surface area contributed by atoms with E-state index in [1.807, 2.05) is 11.0 Å². The van der Waals surface area contributed by atoms with Crippen LogP contribution >= 0.6 is 11.6 Å². The van der Waals surface area contributed by atoms with Crippen molar-refractivity contribution in [1.82, 2.24) is 14.7 Å². The fraction of sp³-hybridized carbons (Fsp3) is 0.467. The molecule has 3 heterocycles. The Hall–Kier alpha value is -1.75. The van der Waals surface area contributed by atoms with Crippen LogP contribution in [0.25, 0.3) is 0 Å². The molecular weight excluding hydrogens is 290 g/mol. The largest absolute Gasteiger partial charge is 0.454 e. The molecule has 5 nitrogen and oxygen atoms in total. The topological polar surface area (TPSA) is 51.3 Å². The Morgan fingerprint density at radius 2 is 2.38 bits per heavy atom. The lowest BCUT2D eigenvalue weighted by molar-refractivity contribution is 0.0648. The summed E-state index contributed by atoms with van der Waals surface area (Å²) in [5.74, 6) is 1.63. The molecule has 1 unspecified atom stereocenters. The SMILES string of the molecule is CC1CCCN(C(=O)c2ccc(Cn3cc(Cl)cn3)o2)C1. The van der Waals surface area contributed by atoms with E-state index in [1.165, 1.54) is 6.42 Å². The Labute approximate surface area is 128 Å². The molecule has 1 atom stereocenters. The molecule has 6 heteroatoms. The maximum Gasteiger partial charge on any atom is 0.289 e. The predicted molar refractivity (Wildman–Crippen MR) is 79.3 cm³/mol. The van der Waals surface area contributed by atoms with Crippen molar-refractivity contribution in [3.63, 3.8) is 0 Å². The van der Waals surface area contributed by atoms with Crippen molar-refractivity contribution in [3.8, 4) is 0 Å². The lowest BCUT2D eigenvalue weighted by atomic mass is 10.0. The van der Waals surface area contributed by atoms with Crippen LogP contribution in [0.2, 0.25) is 5.02 Å². The van der Waals surface area contributed by atoms with Gasteiger partial charge in [-0.15, -0.1) is 0 Å². The molecule has 1 saturated heterocycles. The number of hydrogen-bond donors (Lipinski definition) is 0. The summed E-state index contributed by atoms with van der Waals surface area (Å²) < 4.78 is 7.33. The first-order chi connectivity index (χ1) is 10.1. The maximum atomic E-state index is 12.4. The second-order valence-corrected chi connectivity index (χ2v) is 6.06. The van der Waals surface area contributed by atoms with Crippen molar-refractivity contribution >= 4 is 17.5 Å². The highest BCUT2D eigenvalue weighted by Crippen LogP contribution is 2.19. The normalized spacial score (nSPS) is 19.0. The maximum absolute atomic E-state index is 12.4. The van der Waals surface area contributed by atoms with Gasteiger partial charge < -0.3 is 9.32 Å². The van der Waals surface area contributed by atoms with Gasteiger partial charge in [0, 0.05) is 19.3 Å². The first kappa shape index (κ1) is 14.2. The molecule has 1 aliphatic rings. The Morgan fingerprint density at radius 1 is 1.52 bits per heavy atom. The number of likely N-dealkylation sites (tertiary alicyclic amines) is 1. The lowest BCUT2D eigenvalue weighted by Crippen LogP contribution is -2.38. The zero-order chi connectivity index (χ0) is 14.8. The highest BCUT2D eigenvalue weighted by Gasteiger charge is 2.24. The van der Waals surface area contributed by atoms with Crippen LogP contribution in [0.15, 0.2) is 28.9 Å². The van der Waals surface area contributed by atoms with Crippen LogP contribution in [-0.4, -0.2) is 33.7 Å². The Morgan fingerprint density at radius 3 is 3.10 bits per heavy atom. The smallest absolute Gasteiger partial charge is 0.289 e. The number of carbonyl (C=O) groups excluding carboxylic acids is 1. The van der Waals surface area contributed by atoms with Crippen molar-refractivity contribution < 1.29 is 9.21 Å². The summed E-state index contributed by atoms with van der Waals surface area (Å²) in [6, 6.07) is 3.55. The van der Waals surface area contributed by atoms with Gasteiger partial charge in [-0.25, -0.2) is 0 Å². The van der Waals surface area contributed by atoms with Crippen LogP contribution in [0.3, 0.4) is 0 Å². The summed E-state index contributed by atoms with van der Waals surface area (Å²) in [6.07, 6.45) is 5.54. The molecule has 3 rings (SSSR count). The molecule has 0 saturated carbocycles. The third-order valence-electron chi connectivity index (χ3n) is 3.74. The van der Waals surface area contributed by atoms with E-state index in [-0.39, 0.29) is 5.91 Å². The molecular formula is C15H18ClN3O2. The van der Waals surface area contributed by atoms with Crippen molar-refractivity contribution in [1.29, 1.82) is 0 Å². The minimum absolute atomic E-state index is 0.0219. The fourth-order valence-corrected chi connectivity index (χ4v) is 2.85. The number of aromatic nitrogens is 2. The van der Waals surface area contributed by atoms with Gasteiger partial charge in [-0.05, 0) is 30.9 Å². The highest BCUT2D eigenvalue weighted by molar-refractivity contribution is 6.30. The van der Waals surface area contributed by atoms with Crippen LogP contribution in [-0.2, 0) is 6.54 Å². The fourth-order valence-electron chi connectivity index (χ4n) is 2.69. The third kappa shape index (κ3) is 3.29. The zero-order valence-electron chi connectivity index (χ0n) is 12.0. The van der Waals surface area contributed by atoms with E-state index in [2.05, 4.69) is 12.0 Å². The molecule has 1 fully saturated rings. The summed E-state index contributed by atoms with van der Waals surface area (Å²) in [6.45, 7) is 4.27. The Kier molecular flexibility index (Phi) is 4.01. The first-order valence-electron chi connectivity index (χ1n) is 7.18. The summed E-state index contributed by atoms with van der Waals surface area (Å²) in [7, 11) is 0. The molecule has 0 aromatic carbocycles. The minimum atomic E-state index is -0.0219. The van der Waals surface area contributed by atoms with Crippen molar-refractivity contribution in [2.24, 2.45) is 5.92 Å².